The first-order valence-electron chi connectivity index (χ1n) is 7.43. The fraction of sp³-hybridized carbons (Fsp3) is 0.105. The second-order valence-corrected chi connectivity index (χ2v) is 5.42. The number of rotatable bonds is 4. The largest absolute Gasteiger partial charge is 0.374 e. The van der Waals surface area contributed by atoms with Gasteiger partial charge in [0.25, 0.3) is 0 Å². The molecule has 0 unspecified atom stereocenters. The fourth-order valence-corrected chi connectivity index (χ4v) is 2.38. The third kappa shape index (κ3) is 3.66. The minimum absolute atomic E-state index is 0.149. The Morgan fingerprint density at radius 3 is 2.30 bits per heavy atom. The van der Waals surface area contributed by atoms with Gasteiger partial charge in [-0.05, 0) is 54.1 Å². The Labute approximate surface area is 134 Å². The molecule has 23 heavy (non-hydrogen) atoms. The van der Waals surface area contributed by atoms with Crippen LogP contribution in [0.5, 0.6) is 0 Å². The molecule has 0 aliphatic heterocycles. The first-order chi connectivity index (χ1) is 11.1. The molecule has 3 aromatic rings. The monoisotopic (exact) mass is 308 g/mol. The SMILES string of the molecule is C[C@H](Nc1ccc(F)cc1)C(=O)Nc1ccc2ccccc2c1. The summed E-state index contributed by atoms with van der Waals surface area (Å²) in [5, 5.41) is 8.14. The molecule has 0 radical (unpaired) electrons. The van der Waals surface area contributed by atoms with E-state index in [-0.39, 0.29) is 11.7 Å². The molecule has 3 nitrogen and oxygen atoms in total. The van der Waals surface area contributed by atoms with Crippen LogP contribution in [-0.2, 0) is 4.79 Å². The van der Waals surface area contributed by atoms with Crippen molar-refractivity contribution in [2.24, 2.45) is 0 Å². The van der Waals surface area contributed by atoms with Crippen molar-refractivity contribution in [2.75, 3.05) is 10.6 Å². The Kier molecular flexibility index (Phi) is 4.24. The van der Waals surface area contributed by atoms with Crippen LogP contribution in [0.1, 0.15) is 6.92 Å². The van der Waals surface area contributed by atoms with Crippen LogP contribution in [0.15, 0.2) is 66.7 Å². The Balaban J connectivity index is 1.68. The maximum atomic E-state index is 12.9. The smallest absolute Gasteiger partial charge is 0.246 e. The van der Waals surface area contributed by atoms with Gasteiger partial charge in [0, 0.05) is 11.4 Å². The third-order valence-electron chi connectivity index (χ3n) is 3.64. The van der Waals surface area contributed by atoms with Gasteiger partial charge in [0.15, 0.2) is 0 Å². The Bertz CT molecular complexity index is 830. The quantitative estimate of drug-likeness (QED) is 0.749. The molecule has 116 valence electrons. The molecule has 2 N–H and O–H groups in total. The highest BCUT2D eigenvalue weighted by atomic mass is 19.1. The van der Waals surface area contributed by atoms with E-state index in [0.717, 1.165) is 16.5 Å². The topological polar surface area (TPSA) is 41.1 Å². The number of carbonyl (C=O) groups is 1. The van der Waals surface area contributed by atoms with Crippen LogP contribution < -0.4 is 10.6 Å². The number of halogens is 1. The van der Waals surface area contributed by atoms with Gasteiger partial charge in [-0.25, -0.2) is 4.39 Å². The molecule has 0 aromatic heterocycles. The molecule has 3 rings (SSSR count). The molecule has 0 saturated heterocycles. The first-order valence-corrected chi connectivity index (χ1v) is 7.43. The molecule has 4 heteroatoms. The average Bonchev–Trinajstić information content (AvgIpc) is 2.56. The maximum absolute atomic E-state index is 12.9. The van der Waals surface area contributed by atoms with Crippen LogP contribution in [0.25, 0.3) is 10.8 Å². The van der Waals surface area contributed by atoms with Gasteiger partial charge in [-0.2, -0.15) is 0 Å². The van der Waals surface area contributed by atoms with Crippen molar-refractivity contribution >= 4 is 28.1 Å². The van der Waals surface area contributed by atoms with Crippen LogP contribution in [0.4, 0.5) is 15.8 Å². The van der Waals surface area contributed by atoms with E-state index in [1.807, 2.05) is 42.5 Å². The Hall–Kier alpha value is -2.88. The number of anilines is 2. The van der Waals surface area contributed by atoms with Crippen molar-refractivity contribution in [3.05, 3.63) is 72.5 Å². The molecule has 3 aromatic carbocycles. The van der Waals surface area contributed by atoms with Crippen molar-refractivity contribution in [1.29, 1.82) is 0 Å². The van der Waals surface area contributed by atoms with E-state index in [2.05, 4.69) is 10.6 Å². The van der Waals surface area contributed by atoms with E-state index in [1.165, 1.54) is 12.1 Å². The Morgan fingerprint density at radius 2 is 1.57 bits per heavy atom. The van der Waals surface area contributed by atoms with Crippen molar-refractivity contribution in [3.8, 4) is 0 Å². The summed E-state index contributed by atoms with van der Waals surface area (Å²) in [6.07, 6.45) is 0. The number of nitrogens with one attached hydrogen (secondary N) is 2. The van der Waals surface area contributed by atoms with Gasteiger partial charge < -0.3 is 10.6 Å². The highest BCUT2D eigenvalue weighted by Crippen LogP contribution is 2.19. The number of amides is 1. The highest BCUT2D eigenvalue weighted by molar-refractivity contribution is 5.98. The lowest BCUT2D eigenvalue weighted by Crippen LogP contribution is -2.31. The molecule has 0 bridgehead atoms. The van der Waals surface area contributed by atoms with Gasteiger partial charge >= 0.3 is 0 Å². The van der Waals surface area contributed by atoms with Crippen molar-refractivity contribution < 1.29 is 9.18 Å². The summed E-state index contributed by atoms with van der Waals surface area (Å²) in [4.78, 5) is 12.3. The fourth-order valence-electron chi connectivity index (χ4n) is 2.38. The summed E-state index contributed by atoms with van der Waals surface area (Å²) in [6.45, 7) is 1.76. The van der Waals surface area contributed by atoms with E-state index >= 15 is 0 Å². The number of hydrogen-bond acceptors (Lipinski definition) is 2. The number of carbonyl (C=O) groups excluding carboxylic acids is 1. The van der Waals surface area contributed by atoms with Gasteiger partial charge in [0.1, 0.15) is 11.9 Å². The summed E-state index contributed by atoms with van der Waals surface area (Å²) in [7, 11) is 0. The minimum Gasteiger partial charge on any atom is -0.374 e. The predicted molar refractivity (Wildman–Crippen MR) is 92.1 cm³/mol. The normalized spacial score (nSPS) is 11.9. The van der Waals surface area contributed by atoms with E-state index in [4.69, 9.17) is 0 Å². The van der Waals surface area contributed by atoms with Crippen LogP contribution in [0.2, 0.25) is 0 Å². The summed E-state index contributed by atoms with van der Waals surface area (Å²) in [6, 6.07) is 19.3. The van der Waals surface area contributed by atoms with E-state index in [0.29, 0.717) is 5.69 Å². The average molecular weight is 308 g/mol. The maximum Gasteiger partial charge on any atom is 0.246 e. The molecule has 0 heterocycles. The first kappa shape index (κ1) is 15.0. The van der Waals surface area contributed by atoms with Gasteiger partial charge in [0.2, 0.25) is 5.91 Å². The van der Waals surface area contributed by atoms with Gasteiger partial charge in [0.05, 0.1) is 0 Å². The summed E-state index contributed by atoms with van der Waals surface area (Å²) >= 11 is 0. The van der Waals surface area contributed by atoms with E-state index in [1.54, 1.807) is 19.1 Å². The van der Waals surface area contributed by atoms with Crippen LogP contribution in [0.3, 0.4) is 0 Å². The molecule has 0 saturated carbocycles. The van der Waals surface area contributed by atoms with Gasteiger partial charge in [-0.1, -0.05) is 30.3 Å². The number of fused-ring (bicyclic) bond motifs is 1. The standard InChI is InChI=1S/C19H17FN2O/c1-13(21-17-10-7-16(20)8-11-17)19(23)22-18-9-6-14-4-2-3-5-15(14)12-18/h2-13,21H,1H3,(H,22,23)/t13-/m0/s1. The van der Waals surface area contributed by atoms with Gasteiger partial charge in [-0.3, -0.25) is 4.79 Å². The predicted octanol–water partition coefficient (Wildman–Crippen LogP) is 4.42. The summed E-state index contributed by atoms with van der Waals surface area (Å²) in [5.41, 5.74) is 1.45. The molecule has 0 aliphatic rings. The lowest BCUT2D eigenvalue weighted by molar-refractivity contribution is -0.116. The van der Waals surface area contributed by atoms with E-state index in [9.17, 15) is 9.18 Å². The summed E-state index contributed by atoms with van der Waals surface area (Å²) < 4.78 is 12.9. The minimum atomic E-state index is -0.438. The lowest BCUT2D eigenvalue weighted by atomic mass is 10.1. The molecule has 0 aliphatic carbocycles. The molecule has 0 spiro atoms. The third-order valence-corrected chi connectivity index (χ3v) is 3.64. The molecular weight excluding hydrogens is 291 g/mol. The molecule has 0 fully saturated rings. The van der Waals surface area contributed by atoms with Crippen LogP contribution >= 0.6 is 0 Å². The highest BCUT2D eigenvalue weighted by Gasteiger charge is 2.13. The van der Waals surface area contributed by atoms with Crippen molar-refractivity contribution in [3.63, 3.8) is 0 Å². The van der Waals surface area contributed by atoms with Crippen LogP contribution in [-0.4, -0.2) is 11.9 Å². The lowest BCUT2D eigenvalue weighted by Gasteiger charge is -2.15. The number of benzene rings is 3. The second-order valence-electron chi connectivity index (χ2n) is 5.42. The zero-order chi connectivity index (χ0) is 16.2. The zero-order valence-corrected chi connectivity index (χ0v) is 12.7. The molecule has 1 amide bonds. The number of hydrogen-bond donors (Lipinski definition) is 2. The summed E-state index contributed by atoms with van der Waals surface area (Å²) in [5.74, 6) is -0.451. The van der Waals surface area contributed by atoms with Crippen LogP contribution in [0, 0.1) is 5.82 Å². The van der Waals surface area contributed by atoms with E-state index < -0.39 is 6.04 Å². The van der Waals surface area contributed by atoms with Gasteiger partial charge in [-0.15, -0.1) is 0 Å². The zero-order valence-electron chi connectivity index (χ0n) is 12.7. The van der Waals surface area contributed by atoms with Crippen molar-refractivity contribution in [1.82, 2.24) is 0 Å². The Morgan fingerprint density at radius 1 is 0.913 bits per heavy atom. The molecular formula is C19H17FN2O. The molecule has 1 atom stereocenters. The second kappa shape index (κ2) is 6.48. The van der Waals surface area contributed by atoms with Crippen molar-refractivity contribution in [2.45, 2.75) is 13.0 Å².